The molecule has 1 saturated carbocycles. The fourth-order valence-corrected chi connectivity index (χ4v) is 3.57. The van der Waals surface area contributed by atoms with Crippen molar-refractivity contribution in [2.45, 2.75) is 58.5 Å². The minimum Gasteiger partial charge on any atom is -0.393 e. The Bertz CT molecular complexity index is 225. The van der Waals surface area contributed by atoms with E-state index in [1.807, 2.05) is 0 Å². The van der Waals surface area contributed by atoms with Gasteiger partial charge in [-0.05, 0) is 50.0 Å². The highest BCUT2D eigenvalue weighted by Crippen LogP contribution is 2.38. The van der Waals surface area contributed by atoms with Gasteiger partial charge in [0.2, 0.25) is 0 Å². The molecule has 2 heteroatoms. The Hall–Kier alpha value is -0.0800. The zero-order valence-electron chi connectivity index (χ0n) is 10.9. The minimum absolute atomic E-state index is 0.0155. The summed E-state index contributed by atoms with van der Waals surface area (Å²) in [4.78, 5) is 2.60. The fourth-order valence-electron chi connectivity index (χ4n) is 3.57. The molecule has 0 aromatic carbocycles. The summed E-state index contributed by atoms with van der Waals surface area (Å²) in [6.07, 6.45) is 7.47. The van der Waals surface area contributed by atoms with Crippen molar-refractivity contribution in [3.05, 3.63) is 0 Å². The predicted molar refractivity (Wildman–Crippen MR) is 67.4 cm³/mol. The maximum absolute atomic E-state index is 9.87. The lowest BCUT2D eigenvalue weighted by Gasteiger charge is -2.28. The lowest BCUT2D eigenvalue weighted by Crippen LogP contribution is -2.33. The van der Waals surface area contributed by atoms with Crippen molar-refractivity contribution in [2.24, 2.45) is 11.3 Å². The Kier molecular flexibility index (Phi) is 3.91. The number of likely N-dealkylation sites (tertiary alicyclic amines) is 1. The third-order valence-electron chi connectivity index (χ3n) is 5.13. The highest BCUT2D eigenvalue weighted by molar-refractivity contribution is 4.90. The summed E-state index contributed by atoms with van der Waals surface area (Å²) in [5.74, 6) is 0.560. The molecule has 2 rings (SSSR count). The zero-order valence-corrected chi connectivity index (χ0v) is 10.9. The molecule has 0 bridgehead atoms. The van der Waals surface area contributed by atoms with Crippen molar-refractivity contribution in [1.82, 2.24) is 4.90 Å². The Morgan fingerprint density at radius 3 is 2.50 bits per heavy atom. The van der Waals surface area contributed by atoms with Crippen molar-refractivity contribution >= 4 is 0 Å². The number of hydrogen-bond acceptors (Lipinski definition) is 2. The van der Waals surface area contributed by atoms with Crippen LogP contribution in [0.1, 0.15) is 52.4 Å². The molecule has 2 aliphatic rings. The molecule has 1 aliphatic heterocycles. The lowest BCUT2D eigenvalue weighted by molar-refractivity contribution is 0.104. The summed E-state index contributed by atoms with van der Waals surface area (Å²) >= 11 is 0. The normalized spacial score (nSPS) is 34.7. The summed E-state index contributed by atoms with van der Waals surface area (Å²) in [7, 11) is 0. The smallest absolute Gasteiger partial charge is 0.0580 e. The third-order valence-corrected chi connectivity index (χ3v) is 5.13. The van der Waals surface area contributed by atoms with Gasteiger partial charge in [-0.1, -0.05) is 20.3 Å². The van der Waals surface area contributed by atoms with Crippen LogP contribution in [0.5, 0.6) is 0 Å². The van der Waals surface area contributed by atoms with Gasteiger partial charge in [0.25, 0.3) is 0 Å². The van der Waals surface area contributed by atoms with Crippen molar-refractivity contribution in [3.63, 3.8) is 0 Å². The number of aliphatic hydroxyl groups excluding tert-OH is 1. The quantitative estimate of drug-likeness (QED) is 0.795. The molecular weight excluding hydrogens is 198 g/mol. The van der Waals surface area contributed by atoms with Crippen LogP contribution >= 0.6 is 0 Å². The molecular formula is C14H27NO. The Morgan fingerprint density at radius 1 is 1.25 bits per heavy atom. The van der Waals surface area contributed by atoms with E-state index in [0.29, 0.717) is 11.3 Å². The zero-order chi connectivity index (χ0) is 11.6. The van der Waals surface area contributed by atoms with Gasteiger partial charge in [0.05, 0.1) is 6.10 Å². The topological polar surface area (TPSA) is 23.5 Å². The standard InChI is InChI=1S/C14H27NO/c1-3-14(4-2)8-9-15(11-14)10-12-6-5-7-13(12)16/h12-13,16H,3-11H2,1-2H3. The molecule has 2 nitrogen and oxygen atoms in total. The molecule has 1 saturated heterocycles. The highest BCUT2D eigenvalue weighted by atomic mass is 16.3. The molecule has 0 aromatic heterocycles. The van der Waals surface area contributed by atoms with E-state index in [4.69, 9.17) is 0 Å². The van der Waals surface area contributed by atoms with Gasteiger partial charge in [-0.3, -0.25) is 0 Å². The first-order chi connectivity index (χ1) is 7.69. The van der Waals surface area contributed by atoms with Crippen molar-refractivity contribution in [2.75, 3.05) is 19.6 Å². The first-order valence-corrected chi connectivity index (χ1v) is 7.09. The fraction of sp³-hybridized carbons (Fsp3) is 1.00. The minimum atomic E-state index is -0.0155. The summed E-state index contributed by atoms with van der Waals surface area (Å²) in [5.41, 5.74) is 0.587. The molecule has 1 heterocycles. The van der Waals surface area contributed by atoms with E-state index in [9.17, 15) is 5.11 Å². The number of rotatable bonds is 4. The maximum Gasteiger partial charge on any atom is 0.0580 e. The van der Waals surface area contributed by atoms with E-state index in [1.165, 1.54) is 45.2 Å². The Balaban J connectivity index is 1.84. The van der Waals surface area contributed by atoms with Crippen LogP contribution in [0.15, 0.2) is 0 Å². The van der Waals surface area contributed by atoms with E-state index in [2.05, 4.69) is 18.7 Å². The average Bonchev–Trinajstić information content (AvgIpc) is 2.88. The van der Waals surface area contributed by atoms with Gasteiger partial charge in [-0.2, -0.15) is 0 Å². The van der Waals surface area contributed by atoms with Gasteiger partial charge in [0.15, 0.2) is 0 Å². The number of aliphatic hydroxyl groups is 1. The van der Waals surface area contributed by atoms with Crippen LogP contribution in [-0.4, -0.2) is 35.7 Å². The lowest BCUT2D eigenvalue weighted by atomic mass is 9.82. The molecule has 2 atom stereocenters. The van der Waals surface area contributed by atoms with Gasteiger partial charge in [0.1, 0.15) is 0 Å². The summed E-state index contributed by atoms with van der Waals surface area (Å²) in [6.45, 7) is 8.33. The molecule has 2 fully saturated rings. The van der Waals surface area contributed by atoms with Crippen LogP contribution in [0.25, 0.3) is 0 Å². The van der Waals surface area contributed by atoms with Crippen molar-refractivity contribution in [3.8, 4) is 0 Å². The van der Waals surface area contributed by atoms with Gasteiger partial charge in [-0.25, -0.2) is 0 Å². The summed E-state index contributed by atoms with van der Waals surface area (Å²) in [6, 6.07) is 0. The first kappa shape index (κ1) is 12.4. The molecule has 16 heavy (non-hydrogen) atoms. The van der Waals surface area contributed by atoms with E-state index in [1.54, 1.807) is 0 Å². The van der Waals surface area contributed by atoms with E-state index >= 15 is 0 Å². The third kappa shape index (κ3) is 2.43. The predicted octanol–water partition coefficient (Wildman–Crippen LogP) is 2.66. The van der Waals surface area contributed by atoms with Gasteiger partial charge < -0.3 is 10.0 Å². The molecule has 1 aliphatic carbocycles. The van der Waals surface area contributed by atoms with Crippen LogP contribution in [0, 0.1) is 11.3 Å². The van der Waals surface area contributed by atoms with Gasteiger partial charge >= 0.3 is 0 Å². The maximum atomic E-state index is 9.87. The van der Waals surface area contributed by atoms with Crippen LogP contribution in [-0.2, 0) is 0 Å². The Morgan fingerprint density at radius 2 is 2.00 bits per heavy atom. The van der Waals surface area contributed by atoms with E-state index in [-0.39, 0.29) is 6.10 Å². The van der Waals surface area contributed by atoms with Crippen LogP contribution in [0.4, 0.5) is 0 Å². The number of nitrogens with zero attached hydrogens (tertiary/aromatic N) is 1. The van der Waals surface area contributed by atoms with Gasteiger partial charge in [-0.15, -0.1) is 0 Å². The van der Waals surface area contributed by atoms with Crippen molar-refractivity contribution in [1.29, 1.82) is 0 Å². The highest BCUT2D eigenvalue weighted by Gasteiger charge is 2.37. The number of hydrogen-bond donors (Lipinski definition) is 1. The molecule has 94 valence electrons. The molecule has 1 N–H and O–H groups in total. The van der Waals surface area contributed by atoms with Crippen molar-refractivity contribution < 1.29 is 5.11 Å². The molecule has 0 amide bonds. The molecule has 2 unspecified atom stereocenters. The molecule has 0 radical (unpaired) electrons. The SMILES string of the molecule is CCC1(CC)CCN(CC2CCCC2O)C1. The summed E-state index contributed by atoms with van der Waals surface area (Å²) in [5, 5.41) is 9.87. The summed E-state index contributed by atoms with van der Waals surface area (Å²) < 4.78 is 0. The van der Waals surface area contributed by atoms with E-state index < -0.39 is 0 Å². The molecule has 0 aromatic rings. The monoisotopic (exact) mass is 225 g/mol. The second-order valence-electron chi connectivity index (χ2n) is 5.95. The second-order valence-corrected chi connectivity index (χ2v) is 5.95. The van der Waals surface area contributed by atoms with Crippen LogP contribution < -0.4 is 0 Å². The van der Waals surface area contributed by atoms with E-state index in [0.717, 1.165) is 13.0 Å². The average molecular weight is 225 g/mol. The largest absolute Gasteiger partial charge is 0.393 e. The molecule has 0 spiro atoms. The second kappa shape index (κ2) is 5.05. The van der Waals surface area contributed by atoms with Crippen LogP contribution in [0.2, 0.25) is 0 Å². The first-order valence-electron chi connectivity index (χ1n) is 7.09. The van der Waals surface area contributed by atoms with Gasteiger partial charge in [0, 0.05) is 13.1 Å². The Labute approximate surface area is 100 Å². The van der Waals surface area contributed by atoms with Crippen LogP contribution in [0.3, 0.4) is 0 Å².